The molecule has 2 aromatic rings. The molecule has 0 fully saturated rings. The second-order valence-corrected chi connectivity index (χ2v) is 6.34. The summed E-state index contributed by atoms with van der Waals surface area (Å²) in [5.41, 5.74) is 1.43. The van der Waals surface area contributed by atoms with Crippen molar-refractivity contribution in [1.82, 2.24) is 10.6 Å². The highest BCUT2D eigenvalue weighted by Gasteiger charge is 2.05. The lowest BCUT2D eigenvalue weighted by atomic mass is 10.2. The smallest absolute Gasteiger partial charge is 0.191 e. The summed E-state index contributed by atoms with van der Waals surface area (Å²) in [6.07, 6.45) is 0. The number of hydrogen-bond acceptors (Lipinski definition) is 3. The lowest BCUT2D eigenvalue weighted by molar-refractivity contribution is 0.624. The molecule has 0 spiro atoms. The number of halogens is 1. The van der Waals surface area contributed by atoms with Crippen molar-refractivity contribution >= 4 is 23.0 Å². The van der Waals surface area contributed by atoms with Gasteiger partial charge in [0.25, 0.3) is 0 Å². The molecule has 2 rings (SSSR count). The Morgan fingerprint density at radius 1 is 1.26 bits per heavy atom. The monoisotopic (exact) mass is 334 g/mol. The Morgan fingerprint density at radius 3 is 2.70 bits per heavy atom. The molecule has 0 aliphatic heterocycles. The van der Waals surface area contributed by atoms with E-state index in [2.05, 4.69) is 27.1 Å². The lowest BCUT2D eigenvalue weighted by Gasteiger charge is -2.14. The molecule has 1 aromatic heterocycles. The summed E-state index contributed by atoms with van der Waals surface area (Å²) in [7, 11) is 3.65. The molecule has 0 aliphatic rings. The Morgan fingerprint density at radius 2 is 2.09 bits per heavy atom. The van der Waals surface area contributed by atoms with Crippen LogP contribution in [0, 0.1) is 5.82 Å². The van der Waals surface area contributed by atoms with Crippen LogP contribution in [0.1, 0.15) is 17.4 Å². The van der Waals surface area contributed by atoms with Crippen LogP contribution in [0.4, 0.5) is 10.1 Å². The van der Waals surface area contributed by atoms with E-state index in [1.54, 1.807) is 28.4 Å². The van der Waals surface area contributed by atoms with Gasteiger partial charge in [-0.05, 0) is 36.1 Å². The van der Waals surface area contributed by atoms with Crippen LogP contribution in [0.2, 0.25) is 0 Å². The fourth-order valence-corrected chi connectivity index (χ4v) is 2.75. The largest absolute Gasteiger partial charge is 0.375 e. The van der Waals surface area contributed by atoms with E-state index >= 15 is 0 Å². The minimum Gasteiger partial charge on any atom is -0.375 e. The Bertz CT molecular complexity index is 638. The van der Waals surface area contributed by atoms with E-state index in [1.807, 2.05) is 33.2 Å². The molecular weight excluding hydrogens is 311 g/mol. The minimum atomic E-state index is -0.223. The highest BCUT2D eigenvalue weighted by molar-refractivity contribution is 7.09. The van der Waals surface area contributed by atoms with Gasteiger partial charge in [0.2, 0.25) is 0 Å². The molecule has 4 nitrogen and oxygen atoms in total. The summed E-state index contributed by atoms with van der Waals surface area (Å²) in [6, 6.07) is 9.34. The summed E-state index contributed by atoms with van der Waals surface area (Å²) in [5.74, 6) is 0.511. The van der Waals surface area contributed by atoms with Crippen molar-refractivity contribution in [2.45, 2.75) is 20.0 Å². The zero-order chi connectivity index (χ0) is 16.7. The first-order chi connectivity index (χ1) is 11.1. The number of benzene rings is 1. The molecule has 0 unspecified atom stereocenters. The molecule has 1 aromatic carbocycles. The highest BCUT2D eigenvalue weighted by Crippen LogP contribution is 2.18. The quantitative estimate of drug-likeness (QED) is 0.629. The first-order valence-electron chi connectivity index (χ1n) is 7.60. The second-order valence-electron chi connectivity index (χ2n) is 5.31. The van der Waals surface area contributed by atoms with Crippen molar-refractivity contribution < 1.29 is 4.39 Å². The summed E-state index contributed by atoms with van der Waals surface area (Å²) in [4.78, 5) is 7.52. The first kappa shape index (κ1) is 17.3. The van der Waals surface area contributed by atoms with Crippen molar-refractivity contribution in [2.75, 3.05) is 25.5 Å². The molecule has 0 aliphatic carbocycles. The van der Waals surface area contributed by atoms with E-state index in [4.69, 9.17) is 0 Å². The molecule has 0 radical (unpaired) electrons. The standard InChI is InChI=1S/C17H23FN4S/c1-4-19-17(21-12-14-6-5-9-23-14)20-11-13-7-8-16(22(2)3)15(18)10-13/h5-10H,4,11-12H2,1-3H3,(H2,19,20,21). The fourth-order valence-electron chi connectivity index (χ4n) is 2.11. The number of nitrogens with one attached hydrogen (secondary N) is 2. The second kappa shape index (κ2) is 8.53. The van der Waals surface area contributed by atoms with Crippen molar-refractivity contribution in [3.8, 4) is 0 Å². The first-order valence-corrected chi connectivity index (χ1v) is 8.48. The third kappa shape index (κ3) is 5.25. The molecule has 0 amide bonds. The molecule has 0 atom stereocenters. The zero-order valence-electron chi connectivity index (χ0n) is 13.8. The van der Waals surface area contributed by atoms with Gasteiger partial charge in [0.15, 0.2) is 5.96 Å². The summed E-state index contributed by atoms with van der Waals surface area (Å²) < 4.78 is 14.0. The van der Waals surface area contributed by atoms with Crippen molar-refractivity contribution in [2.24, 2.45) is 4.99 Å². The van der Waals surface area contributed by atoms with E-state index in [9.17, 15) is 4.39 Å². The molecule has 2 N–H and O–H groups in total. The van der Waals surface area contributed by atoms with Gasteiger partial charge in [-0.1, -0.05) is 12.1 Å². The number of rotatable bonds is 6. The van der Waals surface area contributed by atoms with Crippen molar-refractivity contribution in [3.63, 3.8) is 0 Å². The van der Waals surface area contributed by atoms with Gasteiger partial charge in [0.05, 0.1) is 18.8 Å². The maximum Gasteiger partial charge on any atom is 0.191 e. The van der Waals surface area contributed by atoms with Gasteiger partial charge in [-0.25, -0.2) is 9.38 Å². The number of anilines is 1. The van der Waals surface area contributed by atoms with Crippen LogP contribution in [-0.4, -0.2) is 26.6 Å². The summed E-state index contributed by atoms with van der Waals surface area (Å²) in [5, 5.41) is 8.54. The van der Waals surface area contributed by atoms with Crippen LogP contribution in [0.25, 0.3) is 0 Å². The van der Waals surface area contributed by atoms with Crippen LogP contribution in [0.3, 0.4) is 0 Å². The number of aliphatic imine (C=N–C) groups is 1. The number of hydrogen-bond donors (Lipinski definition) is 2. The van der Waals surface area contributed by atoms with E-state index in [0.29, 0.717) is 12.2 Å². The van der Waals surface area contributed by atoms with Gasteiger partial charge < -0.3 is 15.5 Å². The molecular formula is C17H23FN4S. The average molecular weight is 334 g/mol. The molecule has 6 heteroatoms. The Labute approximate surface area is 141 Å². The van der Waals surface area contributed by atoms with Crippen molar-refractivity contribution in [1.29, 1.82) is 0 Å². The van der Waals surface area contributed by atoms with Crippen LogP contribution in [0.15, 0.2) is 40.7 Å². The molecule has 1 heterocycles. The molecule has 0 bridgehead atoms. The van der Waals surface area contributed by atoms with Gasteiger partial charge in [-0.3, -0.25) is 0 Å². The molecule has 0 saturated heterocycles. The molecule has 124 valence electrons. The molecule has 23 heavy (non-hydrogen) atoms. The van der Waals surface area contributed by atoms with Crippen LogP contribution < -0.4 is 15.5 Å². The van der Waals surface area contributed by atoms with Gasteiger partial charge in [-0.2, -0.15) is 0 Å². The Balaban J connectivity index is 2.00. The maximum atomic E-state index is 14.0. The third-order valence-electron chi connectivity index (χ3n) is 3.27. The molecule has 0 saturated carbocycles. The number of thiophene rings is 1. The Hall–Kier alpha value is -2.08. The SMILES string of the molecule is CCNC(=NCc1ccc(N(C)C)c(F)c1)NCc1cccs1. The summed E-state index contributed by atoms with van der Waals surface area (Å²) in [6.45, 7) is 3.97. The van der Waals surface area contributed by atoms with Crippen LogP contribution in [0.5, 0.6) is 0 Å². The van der Waals surface area contributed by atoms with Gasteiger partial charge in [-0.15, -0.1) is 11.3 Å². The van der Waals surface area contributed by atoms with E-state index < -0.39 is 0 Å². The van der Waals surface area contributed by atoms with Gasteiger partial charge >= 0.3 is 0 Å². The van der Waals surface area contributed by atoms with Gasteiger partial charge in [0.1, 0.15) is 5.82 Å². The van der Waals surface area contributed by atoms with Crippen LogP contribution in [-0.2, 0) is 13.1 Å². The number of guanidine groups is 1. The normalized spacial score (nSPS) is 11.4. The lowest BCUT2D eigenvalue weighted by Crippen LogP contribution is -2.36. The number of nitrogens with zero attached hydrogens (tertiary/aromatic N) is 2. The van der Waals surface area contributed by atoms with E-state index in [-0.39, 0.29) is 5.82 Å². The Kier molecular flexibility index (Phi) is 6.40. The van der Waals surface area contributed by atoms with Crippen molar-refractivity contribution in [3.05, 3.63) is 52.0 Å². The topological polar surface area (TPSA) is 39.7 Å². The fraction of sp³-hybridized carbons (Fsp3) is 0.353. The average Bonchev–Trinajstić information content (AvgIpc) is 3.03. The van der Waals surface area contributed by atoms with E-state index in [1.165, 1.54) is 4.88 Å². The predicted molar refractivity (Wildman–Crippen MR) is 96.7 cm³/mol. The van der Waals surface area contributed by atoms with Gasteiger partial charge in [0, 0.05) is 25.5 Å². The van der Waals surface area contributed by atoms with E-state index in [0.717, 1.165) is 24.6 Å². The summed E-state index contributed by atoms with van der Waals surface area (Å²) >= 11 is 1.70. The highest BCUT2D eigenvalue weighted by atomic mass is 32.1. The zero-order valence-corrected chi connectivity index (χ0v) is 14.6. The predicted octanol–water partition coefficient (Wildman–Crippen LogP) is 3.21. The van der Waals surface area contributed by atoms with Crippen LogP contribution >= 0.6 is 11.3 Å². The maximum absolute atomic E-state index is 14.0. The third-order valence-corrected chi connectivity index (χ3v) is 4.14. The minimum absolute atomic E-state index is 0.223.